The van der Waals surface area contributed by atoms with E-state index in [0.717, 1.165) is 31.4 Å². The highest BCUT2D eigenvalue weighted by atomic mass is 19.2. The number of benzene rings is 1. The summed E-state index contributed by atoms with van der Waals surface area (Å²) in [5.41, 5.74) is 0.434. The maximum Gasteiger partial charge on any atom is 0.240 e. The standard InChI is InChI=1S/C19H22F2N2O2/c20-15-7-6-14(12-16(15)21)23-18(25)19(9-10-19)17(24)22-11-8-13-4-2-1-3-5-13/h4,6-7,12H,1-3,5,8-11H2,(H,22,24)(H,23,25). The third-order valence-corrected chi connectivity index (χ3v) is 4.91. The first kappa shape index (κ1) is 17.6. The quantitative estimate of drug-likeness (QED) is 0.608. The summed E-state index contributed by atoms with van der Waals surface area (Å²) in [5, 5.41) is 5.36. The van der Waals surface area contributed by atoms with E-state index in [1.807, 2.05) is 0 Å². The lowest BCUT2D eigenvalue weighted by Gasteiger charge is -2.17. The molecule has 134 valence electrons. The molecule has 0 atom stereocenters. The molecular formula is C19H22F2N2O2. The number of amides is 2. The molecule has 1 saturated carbocycles. The fraction of sp³-hybridized carbons (Fsp3) is 0.474. The van der Waals surface area contributed by atoms with Crippen molar-refractivity contribution in [2.24, 2.45) is 5.41 Å². The first-order valence-corrected chi connectivity index (χ1v) is 8.74. The Kier molecular flexibility index (Phi) is 5.16. The molecule has 0 aliphatic heterocycles. The molecule has 0 aromatic heterocycles. The predicted molar refractivity (Wildman–Crippen MR) is 90.8 cm³/mol. The van der Waals surface area contributed by atoms with Gasteiger partial charge in [0.2, 0.25) is 11.8 Å². The highest BCUT2D eigenvalue weighted by molar-refractivity contribution is 6.13. The number of hydrogen-bond donors (Lipinski definition) is 2. The molecule has 4 nitrogen and oxygen atoms in total. The minimum absolute atomic E-state index is 0.148. The average Bonchev–Trinajstić information content (AvgIpc) is 3.41. The predicted octanol–water partition coefficient (Wildman–Crippen LogP) is 3.69. The Balaban J connectivity index is 1.53. The number of halogens is 2. The Labute approximate surface area is 145 Å². The van der Waals surface area contributed by atoms with Crippen LogP contribution >= 0.6 is 0 Å². The van der Waals surface area contributed by atoms with Gasteiger partial charge in [-0.1, -0.05) is 11.6 Å². The maximum atomic E-state index is 13.2. The number of hydrogen-bond acceptors (Lipinski definition) is 2. The van der Waals surface area contributed by atoms with Gasteiger partial charge in [-0.15, -0.1) is 0 Å². The van der Waals surface area contributed by atoms with Crippen LogP contribution in [-0.4, -0.2) is 18.4 Å². The fourth-order valence-corrected chi connectivity index (χ4v) is 3.14. The number of anilines is 1. The SMILES string of the molecule is O=C(NCCC1=CCCCC1)C1(C(=O)Nc2ccc(F)c(F)c2)CC1. The summed E-state index contributed by atoms with van der Waals surface area (Å²) in [6.07, 6.45) is 8.59. The summed E-state index contributed by atoms with van der Waals surface area (Å²) < 4.78 is 26.2. The van der Waals surface area contributed by atoms with Crippen molar-refractivity contribution in [2.75, 3.05) is 11.9 Å². The first-order valence-electron chi connectivity index (χ1n) is 8.74. The molecule has 0 heterocycles. The maximum absolute atomic E-state index is 13.2. The summed E-state index contributed by atoms with van der Waals surface area (Å²) in [5.74, 6) is -2.77. The lowest BCUT2D eigenvalue weighted by molar-refractivity contribution is -0.134. The van der Waals surface area contributed by atoms with E-state index < -0.39 is 23.0 Å². The van der Waals surface area contributed by atoms with E-state index in [1.165, 1.54) is 24.5 Å². The second-order valence-corrected chi connectivity index (χ2v) is 6.78. The number of carbonyl (C=O) groups excluding carboxylic acids is 2. The molecule has 25 heavy (non-hydrogen) atoms. The second kappa shape index (κ2) is 7.33. The summed E-state index contributed by atoms with van der Waals surface area (Å²) in [6.45, 7) is 0.519. The van der Waals surface area contributed by atoms with Crippen molar-refractivity contribution in [1.82, 2.24) is 5.32 Å². The van der Waals surface area contributed by atoms with Gasteiger partial charge in [-0.05, 0) is 57.1 Å². The van der Waals surface area contributed by atoms with E-state index in [4.69, 9.17) is 0 Å². The molecule has 1 aromatic carbocycles. The largest absolute Gasteiger partial charge is 0.355 e. The van der Waals surface area contributed by atoms with Gasteiger partial charge >= 0.3 is 0 Å². The Bertz CT molecular complexity index is 711. The molecule has 2 aliphatic rings. The van der Waals surface area contributed by atoms with Gasteiger partial charge in [0.05, 0.1) is 0 Å². The van der Waals surface area contributed by atoms with Gasteiger partial charge in [0.25, 0.3) is 0 Å². The van der Waals surface area contributed by atoms with Crippen LogP contribution in [0.2, 0.25) is 0 Å². The van der Waals surface area contributed by atoms with Crippen LogP contribution in [0.25, 0.3) is 0 Å². The number of rotatable bonds is 6. The average molecular weight is 348 g/mol. The van der Waals surface area contributed by atoms with Gasteiger partial charge in [0.15, 0.2) is 11.6 Å². The normalized spacial score (nSPS) is 18.2. The van der Waals surface area contributed by atoms with Crippen LogP contribution in [0.3, 0.4) is 0 Å². The monoisotopic (exact) mass is 348 g/mol. The van der Waals surface area contributed by atoms with Crippen LogP contribution in [0, 0.1) is 17.0 Å². The minimum atomic E-state index is -1.08. The van der Waals surface area contributed by atoms with Crippen LogP contribution in [0.15, 0.2) is 29.8 Å². The molecule has 1 aromatic rings. The van der Waals surface area contributed by atoms with E-state index >= 15 is 0 Å². The van der Waals surface area contributed by atoms with E-state index in [2.05, 4.69) is 16.7 Å². The topological polar surface area (TPSA) is 58.2 Å². The minimum Gasteiger partial charge on any atom is -0.355 e. The van der Waals surface area contributed by atoms with Crippen molar-refractivity contribution in [1.29, 1.82) is 0 Å². The lowest BCUT2D eigenvalue weighted by Crippen LogP contribution is -2.40. The Morgan fingerprint density at radius 1 is 1.08 bits per heavy atom. The summed E-state index contributed by atoms with van der Waals surface area (Å²) in [6, 6.07) is 3.14. The Morgan fingerprint density at radius 2 is 1.88 bits per heavy atom. The smallest absolute Gasteiger partial charge is 0.240 e. The van der Waals surface area contributed by atoms with Crippen molar-refractivity contribution in [3.63, 3.8) is 0 Å². The van der Waals surface area contributed by atoms with Crippen molar-refractivity contribution in [2.45, 2.75) is 44.9 Å². The van der Waals surface area contributed by atoms with Gasteiger partial charge in [0.1, 0.15) is 5.41 Å². The molecule has 0 bridgehead atoms. The van der Waals surface area contributed by atoms with Gasteiger partial charge in [-0.2, -0.15) is 0 Å². The molecule has 2 amide bonds. The lowest BCUT2D eigenvalue weighted by atomic mass is 9.97. The van der Waals surface area contributed by atoms with Crippen LogP contribution < -0.4 is 10.6 Å². The highest BCUT2D eigenvalue weighted by Crippen LogP contribution is 2.46. The van der Waals surface area contributed by atoms with Crippen LogP contribution in [-0.2, 0) is 9.59 Å². The van der Waals surface area contributed by atoms with Crippen LogP contribution in [0.5, 0.6) is 0 Å². The third kappa shape index (κ3) is 4.06. The molecule has 2 N–H and O–H groups in total. The highest BCUT2D eigenvalue weighted by Gasteiger charge is 2.56. The molecular weight excluding hydrogens is 326 g/mol. The second-order valence-electron chi connectivity index (χ2n) is 6.78. The van der Waals surface area contributed by atoms with Crippen molar-refractivity contribution >= 4 is 17.5 Å². The van der Waals surface area contributed by atoms with Crippen molar-refractivity contribution in [3.8, 4) is 0 Å². The molecule has 1 fully saturated rings. The molecule has 0 unspecified atom stereocenters. The van der Waals surface area contributed by atoms with Gasteiger partial charge in [-0.3, -0.25) is 9.59 Å². The van der Waals surface area contributed by atoms with Crippen molar-refractivity contribution in [3.05, 3.63) is 41.5 Å². The van der Waals surface area contributed by atoms with Gasteiger partial charge in [-0.25, -0.2) is 8.78 Å². The molecule has 0 spiro atoms. The van der Waals surface area contributed by atoms with Gasteiger partial charge in [0, 0.05) is 18.3 Å². The zero-order valence-electron chi connectivity index (χ0n) is 14.0. The third-order valence-electron chi connectivity index (χ3n) is 4.91. The summed E-state index contributed by atoms with van der Waals surface area (Å²) in [7, 11) is 0. The first-order chi connectivity index (χ1) is 12.0. The van der Waals surface area contributed by atoms with Crippen LogP contribution in [0.4, 0.5) is 14.5 Å². The molecule has 3 rings (SSSR count). The zero-order chi connectivity index (χ0) is 17.9. The van der Waals surface area contributed by atoms with E-state index in [0.29, 0.717) is 19.4 Å². The number of nitrogens with one attached hydrogen (secondary N) is 2. The molecule has 0 saturated heterocycles. The number of allylic oxidation sites excluding steroid dienone is 1. The van der Waals surface area contributed by atoms with E-state index in [9.17, 15) is 18.4 Å². The molecule has 0 radical (unpaired) electrons. The van der Waals surface area contributed by atoms with Crippen molar-refractivity contribution < 1.29 is 18.4 Å². The number of carbonyl (C=O) groups is 2. The Hall–Kier alpha value is -2.24. The van der Waals surface area contributed by atoms with E-state index in [-0.39, 0.29) is 11.6 Å². The van der Waals surface area contributed by atoms with E-state index in [1.54, 1.807) is 0 Å². The molecule has 2 aliphatic carbocycles. The Morgan fingerprint density at radius 3 is 2.52 bits per heavy atom. The van der Waals surface area contributed by atoms with Crippen LogP contribution in [0.1, 0.15) is 44.9 Å². The zero-order valence-corrected chi connectivity index (χ0v) is 14.0. The molecule has 6 heteroatoms. The summed E-state index contributed by atoms with van der Waals surface area (Å²) in [4.78, 5) is 24.8. The van der Waals surface area contributed by atoms with Gasteiger partial charge < -0.3 is 10.6 Å². The summed E-state index contributed by atoms with van der Waals surface area (Å²) >= 11 is 0. The fourth-order valence-electron chi connectivity index (χ4n) is 3.14.